The average Bonchev–Trinajstić information content (AvgIpc) is 3.17. The van der Waals surface area contributed by atoms with Gasteiger partial charge in [0.2, 0.25) is 0 Å². The molecular weight excluding hydrogens is 212 g/mol. The van der Waals surface area contributed by atoms with Crippen LogP contribution in [0.25, 0.3) is 0 Å². The monoisotopic (exact) mass is 242 g/mol. The number of hydrogen-bond acceptors (Lipinski definition) is 3. The number of nitrogens with zero attached hydrogens (tertiary/aromatic N) is 1. The first-order chi connectivity index (χ1) is 8.07. The van der Waals surface area contributed by atoms with Crippen LogP contribution in [0.3, 0.4) is 0 Å². The highest BCUT2D eigenvalue weighted by Gasteiger charge is 2.43. The van der Waals surface area contributed by atoms with Gasteiger partial charge in [0, 0.05) is 12.6 Å². The third kappa shape index (κ3) is 4.23. The highest BCUT2D eigenvalue weighted by Crippen LogP contribution is 2.38. The summed E-state index contributed by atoms with van der Waals surface area (Å²) >= 11 is 0. The summed E-state index contributed by atoms with van der Waals surface area (Å²) in [4.78, 5) is 2.47. The second-order valence-electron chi connectivity index (χ2n) is 5.75. The molecule has 0 spiro atoms. The predicted octanol–water partition coefficient (Wildman–Crippen LogP) is 1.99. The van der Waals surface area contributed by atoms with Crippen LogP contribution in [0.15, 0.2) is 0 Å². The molecule has 1 rings (SSSR count). The molecule has 102 valence electrons. The normalized spacial score (nSPS) is 21.5. The van der Waals surface area contributed by atoms with Crippen LogP contribution >= 0.6 is 0 Å². The van der Waals surface area contributed by atoms with Crippen molar-refractivity contribution in [1.82, 2.24) is 4.90 Å². The van der Waals surface area contributed by atoms with E-state index in [4.69, 9.17) is 5.73 Å². The maximum Gasteiger partial charge on any atom is 0.0626 e. The van der Waals surface area contributed by atoms with Crippen molar-refractivity contribution in [3.05, 3.63) is 0 Å². The Hall–Kier alpha value is -0.120. The van der Waals surface area contributed by atoms with Crippen LogP contribution < -0.4 is 5.73 Å². The van der Waals surface area contributed by atoms with E-state index in [0.29, 0.717) is 12.0 Å². The number of hydrogen-bond donors (Lipinski definition) is 2. The van der Waals surface area contributed by atoms with Crippen molar-refractivity contribution in [3.63, 3.8) is 0 Å². The molecule has 17 heavy (non-hydrogen) atoms. The van der Waals surface area contributed by atoms with Crippen LogP contribution in [-0.2, 0) is 0 Å². The van der Waals surface area contributed by atoms with Gasteiger partial charge in [-0.3, -0.25) is 4.90 Å². The standard InChI is InChI=1S/C14H30N2O/c1-4-6-9-16(12(3)5-2)10-14(15,11-17)13-7-8-13/h12-13,17H,4-11,15H2,1-3H3. The van der Waals surface area contributed by atoms with Gasteiger partial charge in [0.15, 0.2) is 0 Å². The van der Waals surface area contributed by atoms with Crippen molar-refractivity contribution in [2.24, 2.45) is 11.7 Å². The smallest absolute Gasteiger partial charge is 0.0626 e. The molecule has 3 heteroatoms. The number of aliphatic hydroxyl groups excluding tert-OH is 1. The van der Waals surface area contributed by atoms with Crippen LogP contribution in [0.5, 0.6) is 0 Å². The topological polar surface area (TPSA) is 49.5 Å². The molecule has 0 heterocycles. The molecule has 0 aromatic rings. The Balaban J connectivity index is 2.56. The quantitative estimate of drug-likeness (QED) is 0.650. The van der Waals surface area contributed by atoms with Crippen molar-refractivity contribution >= 4 is 0 Å². The van der Waals surface area contributed by atoms with Crippen molar-refractivity contribution in [1.29, 1.82) is 0 Å². The van der Waals surface area contributed by atoms with Crippen molar-refractivity contribution < 1.29 is 5.11 Å². The maximum atomic E-state index is 9.57. The Bertz CT molecular complexity index is 218. The molecule has 1 aliphatic carbocycles. The first-order valence-corrected chi connectivity index (χ1v) is 7.21. The lowest BCUT2D eigenvalue weighted by Crippen LogP contribution is -2.56. The Labute approximate surface area is 106 Å². The number of unbranched alkanes of at least 4 members (excludes halogenated alkanes) is 1. The van der Waals surface area contributed by atoms with Gasteiger partial charge in [-0.25, -0.2) is 0 Å². The second kappa shape index (κ2) is 6.72. The Morgan fingerprint density at radius 3 is 2.47 bits per heavy atom. The molecule has 1 saturated carbocycles. The van der Waals surface area contributed by atoms with Gasteiger partial charge in [-0.1, -0.05) is 20.3 Å². The fraction of sp³-hybridized carbons (Fsp3) is 1.00. The van der Waals surface area contributed by atoms with Crippen molar-refractivity contribution in [2.75, 3.05) is 19.7 Å². The van der Waals surface area contributed by atoms with Crippen LogP contribution in [0.1, 0.15) is 52.9 Å². The highest BCUT2D eigenvalue weighted by molar-refractivity contribution is 5.00. The Morgan fingerprint density at radius 1 is 1.41 bits per heavy atom. The summed E-state index contributed by atoms with van der Waals surface area (Å²) in [6, 6.07) is 0.565. The number of rotatable bonds is 9. The summed E-state index contributed by atoms with van der Waals surface area (Å²) in [7, 11) is 0. The largest absolute Gasteiger partial charge is 0.394 e. The van der Waals surface area contributed by atoms with E-state index in [1.54, 1.807) is 0 Å². The van der Waals surface area contributed by atoms with E-state index in [-0.39, 0.29) is 12.1 Å². The molecule has 2 atom stereocenters. The molecule has 0 aromatic carbocycles. The third-order valence-corrected chi connectivity index (χ3v) is 4.20. The zero-order valence-corrected chi connectivity index (χ0v) is 11.8. The fourth-order valence-electron chi connectivity index (χ4n) is 2.42. The molecular formula is C14H30N2O. The van der Waals surface area contributed by atoms with E-state index < -0.39 is 0 Å². The third-order valence-electron chi connectivity index (χ3n) is 4.20. The van der Waals surface area contributed by atoms with E-state index in [0.717, 1.165) is 19.5 Å². The minimum Gasteiger partial charge on any atom is -0.394 e. The summed E-state index contributed by atoms with van der Waals surface area (Å²) < 4.78 is 0. The van der Waals surface area contributed by atoms with Gasteiger partial charge in [-0.2, -0.15) is 0 Å². The Morgan fingerprint density at radius 2 is 2.06 bits per heavy atom. The van der Waals surface area contributed by atoms with Gasteiger partial charge in [0.25, 0.3) is 0 Å². The van der Waals surface area contributed by atoms with Crippen molar-refractivity contribution in [3.8, 4) is 0 Å². The lowest BCUT2D eigenvalue weighted by Gasteiger charge is -2.37. The van der Waals surface area contributed by atoms with Gasteiger partial charge in [-0.15, -0.1) is 0 Å². The van der Waals surface area contributed by atoms with Gasteiger partial charge in [-0.05, 0) is 45.1 Å². The SMILES string of the molecule is CCCCN(CC(N)(CO)C1CC1)C(C)CC. The Kier molecular flexibility index (Phi) is 5.90. The summed E-state index contributed by atoms with van der Waals surface area (Å²) in [5.74, 6) is 0.542. The van der Waals surface area contributed by atoms with Gasteiger partial charge >= 0.3 is 0 Å². The van der Waals surface area contributed by atoms with Crippen LogP contribution in [0, 0.1) is 5.92 Å². The molecule has 0 aliphatic heterocycles. The zero-order chi connectivity index (χ0) is 12.9. The van der Waals surface area contributed by atoms with Crippen LogP contribution in [0.4, 0.5) is 0 Å². The van der Waals surface area contributed by atoms with E-state index in [9.17, 15) is 5.11 Å². The first kappa shape index (κ1) is 14.9. The molecule has 0 aromatic heterocycles. The van der Waals surface area contributed by atoms with E-state index in [2.05, 4.69) is 25.7 Å². The van der Waals surface area contributed by atoms with Gasteiger partial charge in [0.05, 0.1) is 12.1 Å². The minimum absolute atomic E-state index is 0.122. The van der Waals surface area contributed by atoms with E-state index in [1.807, 2.05) is 0 Å². The summed E-state index contributed by atoms with van der Waals surface area (Å²) in [5.41, 5.74) is 6.01. The zero-order valence-electron chi connectivity index (χ0n) is 11.8. The fourth-order valence-corrected chi connectivity index (χ4v) is 2.42. The molecule has 0 bridgehead atoms. The van der Waals surface area contributed by atoms with E-state index in [1.165, 1.54) is 25.7 Å². The van der Waals surface area contributed by atoms with Gasteiger partial charge in [0.1, 0.15) is 0 Å². The van der Waals surface area contributed by atoms with Crippen LogP contribution in [-0.4, -0.2) is 41.3 Å². The average molecular weight is 242 g/mol. The molecule has 0 saturated heterocycles. The lowest BCUT2D eigenvalue weighted by molar-refractivity contribution is 0.0966. The predicted molar refractivity (Wildman–Crippen MR) is 73.0 cm³/mol. The maximum absolute atomic E-state index is 9.57. The first-order valence-electron chi connectivity index (χ1n) is 7.21. The molecule has 1 fully saturated rings. The molecule has 2 unspecified atom stereocenters. The molecule has 1 aliphatic rings. The van der Waals surface area contributed by atoms with E-state index >= 15 is 0 Å². The minimum atomic E-state index is -0.364. The van der Waals surface area contributed by atoms with Crippen LogP contribution in [0.2, 0.25) is 0 Å². The number of nitrogens with two attached hydrogens (primary N) is 1. The summed E-state index contributed by atoms with van der Waals surface area (Å²) in [5, 5.41) is 9.57. The molecule has 3 nitrogen and oxygen atoms in total. The highest BCUT2D eigenvalue weighted by atomic mass is 16.3. The lowest BCUT2D eigenvalue weighted by atomic mass is 9.94. The van der Waals surface area contributed by atoms with Crippen molar-refractivity contribution in [2.45, 2.75) is 64.5 Å². The summed E-state index contributed by atoms with van der Waals surface area (Å²) in [6.07, 6.45) is 5.97. The number of aliphatic hydroxyl groups is 1. The second-order valence-corrected chi connectivity index (χ2v) is 5.75. The molecule has 3 N–H and O–H groups in total. The molecule has 0 amide bonds. The summed E-state index contributed by atoms with van der Waals surface area (Å²) in [6.45, 7) is 8.78. The van der Waals surface area contributed by atoms with Gasteiger partial charge < -0.3 is 10.8 Å². The molecule has 0 radical (unpaired) electrons.